The highest BCUT2D eigenvalue weighted by molar-refractivity contribution is 5.94. The summed E-state index contributed by atoms with van der Waals surface area (Å²) in [4.78, 5) is 27.8. The van der Waals surface area contributed by atoms with Crippen molar-refractivity contribution in [2.75, 3.05) is 38.7 Å². The number of benzene rings is 1. The number of anilines is 1. The summed E-state index contributed by atoms with van der Waals surface area (Å²) >= 11 is 0. The van der Waals surface area contributed by atoms with Crippen LogP contribution in [-0.4, -0.2) is 50.6 Å². The fraction of sp³-hybridized carbons (Fsp3) is 0.500. The number of ether oxygens (including phenoxy) is 1. The lowest BCUT2D eigenvalue weighted by Gasteiger charge is -2.27. The summed E-state index contributed by atoms with van der Waals surface area (Å²) in [6.07, 6.45) is 0.0189. The Labute approximate surface area is 131 Å². The molecule has 1 N–H and O–H groups in total. The van der Waals surface area contributed by atoms with Crippen LogP contribution in [0.5, 0.6) is 0 Å². The van der Waals surface area contributed by atoms with Crippen LogP contribution in [0.15, 0.2) is 24.3 Å². The maximum absolute atomic E-state index is 12.3. The second-order valence-electron chi connectivity index (χ2n) is 5.27. The number of carbonyl (C=O) groups excluding carboxylic acids is 2. The van der Waals surface area contributed by atoms with Crippen molar-refractivity contribution in [2.24, 2.45) is 0 Å². The Hall–Kier alpha value is -2.08. The average molecular weight is 305 g/mol. The zero-order chi connectivity index (χ0) is 16.1. The Bertz CT molecular complexity index is 547. The number of amides is 3. The molecule has 1 aromatic rings. The van der Waals surface area contributed by atoms with Gasteiger partial charge >= 0.3 is 6.03 Å². The number of carbonyl (C=O) groups is 2. The van der Waals surface area contributed by atoms with E-state index in [2.05, 4.69) is 5.32 Å². The monoisotopic (exact) mass is 305 g/mol. The predicted molar refractivity (Wildman–Crippen MR) is 84.9 cm³/mol. The number of methoxy groups -OCH3 is 1. The minimum Gasteiger partial charge on any atom is -0.375 e. The number of rotatable bonds is 2. The van der Waals surface area contributed by atoms with Crippen molar-refractivity contribution in [1.82, 2.24) is 10.2 Å². The number of nitrogens with zero attached hydrogens (tertiary/aromatic N) is 2. The third-order valence-electron chi connectivity index (χ3n) is 3.90. The van der Waals surface area contributed by atoms with Gasteiger partial charge in [-0.1, -0.05) is 18.2 Å². The van der Waals surface area contributed by atoms with E-state index in [1.165, 1.54) is 0 Å². The first-order valence-corrected chi connectivity index (χ1v) is 7.49. The van der Waals surface area contributed by atoms with Crippen LogP contribution in [0.3, 0.4) is 0 Å². The molecule has 1 atom stereocenters. The molecule has 1 aliphatic heterocycles. The molecule has 6 heteroatoms. The van der Waals surface area contributed by atoms with Crippen LogP contribution in [0.25, 0.3) is 0 Å². The van der Waals surface area contributed by atoms with Crippen molar-refractivity contribution in [3.63, 3.8) is 0 Å². The number of urea groups is 1. The van der Waals surface area contributed by atoms with Crippen LogP contribution in [0.4, 0.5) is 10.5 Å². The topological polar surface area (TPSA) is 61.9 Å². The highest BCUT2D eigenvalue weighted by Crippen LogP contribution is 2.30. The van der Waals surface area contributed by atoms with E-state index >= 15 is 0 Å². The molecule has 0 aromatic heterocycles. The molecule has 6 nitrogen and oxygen atoms in total. The Balaban J connectivity index is 2.38. The van der Waals surface area contributed by atoms with Gasteiger partial charge in [-0.2, -0.15) is 0 Å². The lowest BCUT2D eigenvalue weighted by Crippen LogP contribution is -2.43. The van der Waals surface area contributed by atoms with Gasteiger partial charge in [-0.25, -0.2) is 4.79 Å². The van der Waals surface area contributed by atoms with Crippen LogP contribution in [0.2, 0.25) is 0 Å². The van der Waals surface area contributed by atoms with Crippen molar-refractivity contribution < 1.29 is 14.3 Å². The van der Waals surface area contributed by atoms with Gasteiger partial charge in [0, 0.05) is 44.9 Å². The predicted octanol–water partition coefficient (Wildman–Crippen LogP) is 1.77. The van der Waals surface area contributed by atoms with E-state index in [0.717, 1.165) is 11.3 Å². The molecule has 2 rings (SSSR count). The summed E-state index contributed by atoms with van der Waals surface area (Å²) in [5.41, 5.74) is 1.74. The maximum Gasteiger partial charge on any atom is 0.317 e. The number of fused-ring (bicyclic) bond motifs is 1. The summed E-state index contributed by atoms with van der Waals surface area (Å²) in [5, 5.41) is 2.79. The molecule has 120 valence electrons. The van der Waals surface area contributed by atoms with Crippen molar-refractivity contribution in [2.45, 2.75) is 19.4 Å². The molecule has 1 unspecified atom stereocenters. The second-order valence-corrected chi connectivity index (χ2v) is 5.27. The summed E-state index contributed by atoms with van der Waals surface area (Å²) in [5.74, 6) is -0.0153. The van der Waals surface area contributed by atoms with E-state index in [9.17, 15) is 9.59 Å². The smallest absolute Gasteiger partial charge is 0.317 e. The fourth-order valence-electron chi connectivity index (χ4n) is 2.64. The van der Waals surface area contributed by atoms with Gasteiger partial charge in [0.2, 0.25) is 5.91 Å². The van der Waals surface area contributed by atoms with Gasteiger partial charge in [0.05, 0.1) is 6.54 Å². The van der Waals surface area contributed by atoms with Crippen molar-refractivity contribution in [3.05, 3.63) is 29.8 Å². The summed E-state index contributed by atoms with van der Waals surface area (Å²) in [7, 11) is 3.38. The molecule has 0 radical (unpaired) electrons. The summed E-state index contributed by atoms with van der Waals surface area (Å²) < 4.78 is 5.59. The van der Waals surface area contributed by atoms with Crippen LogP contribution in [0, 0.1) is 0 Å². The van der Waals surface area contributed by atoms with Gasteiger partial charge in [0.1, 0.15) is 6.10 Å². The first-order chi connectivity index (χ1) is 10.6. The number of nitrogens with one attached hydrogen (secondary N) is 1. The minimum absolute atomic E-state index is 0.0153. The van der Waals surface area contributed by atoms with Crippen molar-refractivity contribution in [1.29, 1.82) is 0 Å². The largest absolute Gasteiger partial charge is 0.375 e. The Morgan fingerprint density at radius 2 is 2.14 bits per heavy atom. The molecule has 0 bridgehead atoms. The van der Waals surface area contributed by atoms with Gasteiger partial charge in [-0.15, -0.1) is 0 Å². The van der Waals surface area contributed by atoms with Gasteiger partial charge < -0.3 is 19.9 Å². The highest BCUT2D eigenvalue weighted by Gasteiger charge is 2.27. The zero-order valence-electron chi connectivity index (χ0n) is 13.3. The lowest BCUT2D eigenvalue weighted by molar-refractivity contribution is -0.118. The maximum atomic E-state index is 12.3. The van der Waals surface area contributed by atoms with Crippen molar-refractivity contribution >= 4 is 17.6 Å². The SMILES string of the molecule is CCNC(=O)N1CCC(=O)N(C)c2ccccc2C(OC)C1. The Kier molecular flexibility index (Phi) is 5.38. The fourth-order valence-corrected chi connectivity index (χ4v) is 2.64. The molecule has 0 saturated heterocycles. The molecule has 22 heavy (non-hydrogen) atoms. The number of para-hydroxylation sites is 1. The molecule has 0 spiro atoms. The molecule has 1 aliphatic rings. The molecular weight excluding hydrogens is 282 g/mol. The molecule has 0 saturated carbocycles. The molecule has 3 amide bonds. The van der Waals surface area contributed by atoms with E-state index in [1.807, 2.05) is 31.2 Å². The highest BCUT2D eigenvalue weighted by atomic mass is 16.5. The van der Waals surface area contributed by atoms with Crippen LogP contribution in [-0.2, 0) is 9.53 Å². The molecular formula is C16H23N3O3. The molecule has 1 aromatic carbocycles. The Morgan fingerprint density at radius 3 is 2.82 bits per heavy atom. The quantitative estimate of drug-likeness (QED) is 0.906. The summed E-state index contributed by atoms with van der Waals surface area (Å²) in [6.45, 7) is 3.22. The normalized spacial score (nSPS) is 19.0. The van der Waals surface area contributed by atoms with E-state index in [1.54, 1.807) is 24.0 Å². The van der Waals surface area contributed by atoms with Crippen molar-refractivity contribution in [3.8, 4) is 0 Å². The third kappa shape index (κ3) is 3.39. The first-order valence-electron chi connectivity index (χ1n) is 7.49. The first kappa shape index (κ1) is 16.3. The summed E-state index contributed by atoms with van der Waals surface area (Å²) in [6, 6.07) is 7.49. The lowest BCUT2D eigenvalue weighted by atomic mass is 10.1. The van der Waals surface area contributed by atoms with Crippen LogP contribution >= 0.6 is 0 Å². The van der Waals surface area contributed by atoms with E-state index in [0.29, 0.717) is 26.1 Å². The third-order valence-corrected chi connectivity index (χ3v) is 3.90. The zero-order valence-corrected chi connectivity index (χ0v) is 13.3. The van der Waals surface area contributed by atoms with Gasteiger partial charge in [0.25, 0.3) is 0 Å². The van der Waals surface area contributed by atoms with E-state index in [-0.39, 0.29) is 18.0 Å². The van der Waals surface area contributed by atoms with Crippen LogP contribution in [0.1, 0.15) is 25.0 Å². The van der Waals surface area contributed by atoms with E-state index < -0.39 is 0 Å². The van der Waals surface area contributed by atoms with E-state index in [4.69, 9.17) is 4.74 Å². The molecule has 1 heterocycles. The molecule has 0 fully saturated rings. The van der Waals surface area contributed by atoms with Crippen LogP contribution < -0.4 is 10.2 Å². The number of hydrogen-bond donors (Lipinski definition) is 1. The standard InChI is InChI=1S/C16H23N3O3/c1-4-17-16(21)19-10-9-15(20)18(2)13-8-6-5-7-12(13)14(11-19)22-3/h5-8,14H,4,9-11H2,1-3H3,(H,17,21). The average Bonchev–Trinajstić information content (AvgIpc) is 2.58. The van der Waals surface area contributed by atoms with Gasteiger partial charge in [0.15, 0.2) is 0 Å². The second kappa shape index (κ2) is 7.26. The number of hydrogen-bond acceptors (Lipinski definition) is 3. The minimum atomic E-state index is -0.271. The molecule has 0 aliphatic carbocycles. The Morgan fingerprint density at radius 1 is 1.41 bits per heavy atom. The van der Waals surface area contributed by atoms with Gasteiger partial charge in [-0.05, 0) is 13.0 Å². The van der Waals surface area contributed by atoms with Gasteiger partial charge in [-0.3, -0.25) is 4.79 Å².